The number of hydrogen-bond acceptors (Lipinski definition) is 2. The highest BCUT2D eigenvalue weighted by molar-refractivity contribution is 5.95. The second-order valence-electron chi connectivity index (χ2n) is 5.03. The van der Waals surface area contributed by atoms with Crippen molar-refractivity contribution in [1.82, 2.24) is 5.06 Å². The third-order valence-electron chi connectivity index (χ3n) is 3.62. The van der Waals surface area contributed by atoms with Gasteiger partial charge in [0.1, 0.15) is 5.54 Å². The van der Waals surface area contributed by atoms with Crippen LogP contribution in [0.1, 0.15) is 40.1 Å². The van der Waals surface area contributed by atoms with Crippen molar-refractivity contribution in [3.63, 3.8) is 0 Å². The molecule has 0 N–H and O–H groups in total. The highest BCUT2D eigenvalue weighted by Gasteiger charge is 2.59. The molecule has 0 aliphatic carbocycles. The van der Waals surface area contributed by atoms with E-state index >= 15 is 0 Å². The predicted octanol–water partition coefficient (Wildman–Crippen LogP) is 2.16. The molecule has 0 unspecified atom stereocenters. The van der Waals surface area contributed by atoms with Crippen LogP contribution in [0.4, 0.5) is 0 Å². The third kappa shape index (κ3) is 1.44. The summed E-state index contributed by atoms with van der Waals surface area (Å²) in [6, 6.07) is -2.83. The van der Waals surface area contributed by atoms with Crippen LogP contribution in [0.2, 0.25) is 0 Å². The molecule has 0 saturated heterocycles. The molecule has 1 aromatic rings. The van der Waals surface area contributed by atoms with Gasteiger partial charge in [-0.05, 0) is 39.8 Å². The van der Waals surface area contributed by atoms with E-state index in [1.165, 1.54) is 0 Å². The summed E-state index contributed by atoms with van der Waals surface area (Å²) < 4.78 is 39.2. The Kier molecular flexibility index (Phi) is 1.43. The van der Waals surface area contributed by atoms with Crippen molar-refractivity contribution in [3.05, 3.63) is 41.0 Å². The molecule has 0 spiro atoms. The zero-order chi connectivity index (χ0) is 17.2. The second kappa shape index (κ2) is 3.47. The molecule has 0 fully saturated rings. The number of benzene rings is 1. The Hall–Kier alpha value is -1.55. The Morgan fingerprint density at radius 2 is 1.76 bits per heavy atom. The van der Waals surface area contributed by atoms with Gasteiger partial charge in [-0.2, -0.15) is 0 Å². The lowest BCUT2D eigenvalue weighted by Crippen LogP contribution is -2.53. The summed E-state index contributed by atoms with van der Waals surface area (Å²) in [6.45, 7) is 6.31. The van der Waals surface area contributed by atoms with Gasteiger partial charge in [-0.3, -0.25) is 4.74 Å². The SMILES string of the molecule is [2H]c1c([2H])c([2H])c(C2=[N+]([O-])C(C)(C)C(C)(C)N2[O])c([2H])c1[2H]. The van der Waals surface area contributed by atoms with Gasteiger partial charge in [0.05, 0.1) is 12.4 Å². The smallest absolute Gasteiger partial charge is 0.316 e. The van der Waals surface area contributed by atoms with Crippen LogP contribution in [0.15, 0.2) is 30.2 Å². The largest absolute Gasteiger partial charge is 0.714 e. The summed E-state index contributed by atoms with van der Waals surface area (Å²) in [5.74, 6) is -0.452. The summed E-state index contributed by atoms with van der Waals surface area (Å²) in [5.41, 5.74) is -2.60. The fraction of sp³-hybridized carbons (Fsp3) is 0.462. The molecule has 91 valence electrons. The van der Waals surface area contributed by atoms with Crippen molar-refractivity contribution < 1.29 is 16.8 Å². The predicted molar refractivity (Wildman–Crippen MR) is 64.9 cm³/mol. The molecule has 1 aliphatic rings. The van der Waals surface area contributed by atoms with Crippen LogP contribution in [-0.2, 0) is 5.21 Å². The minimum Gasteiger partial charge on any atom is -0.714 e. The lowest BCUT2D eigenvalue weighted by Gasteiger charge is -2.32. The monoisotopic (exact) mass is 238 g/mol. The van der Waals surface area contributed by atoms with E-state index < -0.39 is 47.1 Å². The van der Waals surface area contributed by atoms with Gasteiger partial charge in [-0.15, -0.1) is 0 Å². The normalized spacial score (nSPS) is 26.2. The van der Waals surface area contributed by atoms with E-state index in [1.807, 2.05) is 0 Å². The molecule has 4 nitrogen and oxygen atoms in total. The number of hydrogen-bond donors (Lipinski definition) is 0. The summed E-state index contributed by atoms with van der Waals surface area (Å²) in [5, 5.41) is 25.6. The van der Waals surface area contributed by atoms with Crippen molar-refractivity contribution in [2.45, 2.75) is 38.8 Å². The van der Waals surface area contributed by atoms with E-state index in [-0.39, 0.29) is 5.56 Å². The Morgan fingerprint density at radius 3 is 2.18 bits per heavy atom. The van der Waals surface area contributed by atoms with E-state index in [0.717, 1.165) is 0 Å². The van der Waals surface area contributed by atoms with Gasteiger partial charge >= 0.3 is 5.84 Å². The minimum absolute atomic E-state index is 0.366. The average Bonchev–Trinajstić information content (AvgIpc) is 2.55. The maximum atomic E-state index is 12.6. The van der Waals surface area contributed by atoms with E-state index in [0.29, 0.717) is 9.80 Å². The van der Waals surface area contributed by atoms with Crippen LogP contribution >= 0.6 is 0 Å². The molecule has 1 aliphatic heterocycles. The van der Waals surface area contributed by atoms with Crippen LogP contribution in [0, 0.1) is 5.21 Å². The topological polar surface area (TPSA) is 49.2 Å². The Balaban J connectivity index is 2.87. The van der Waals surface area contributed by atoms with Gasteiger partial charge in [-0.1, -0.05) is 23.2 Å². The first-order valence-electron chi connectivity index (χ1n) is 7.76. The lowest BCUT2D eigenvalue weighted by atomic mass is 9.84. The fourth-order valence-corrected chi connectivity index (χ4v) is 1.67. The molecule has 1 aromatic carbocycles. The van der Waals surface area contributed by atoms with Gasteiger partial charge in [0.2, 0.25) is 0 Å². The summed E-state index contributed by atoms with van der Waals surface area (Å²) in [6.07, 6.45) is 0. The number of hydroxylamine groups is 3. The van der Waals surface area contributed by atoms with Gasteiger partial charge in [0, 0.05) is 5.21 Å². The Labute approximate surface area is 108 Å². The third-order valence-corrected chi connectivity index (χ3v) is 3.62. The number of nitrogens with zero attached hydrogens (tertiary/aromatic N) is 2. The maximum absolute atomic E-state index is 12.6. The van der Waals surface area contributed by atoms with Crippen molar-refractivity contribution in [2.75, 3.05) is 0 Å². The summed E-state index contributed by atoms with van der Waals surface area (Å²) in [7, 11) is 0. The van der Waals surface area contributed by atoms with Crippen LogP contribution in [-0.4, -0.2) is 26.7 Å². The molecule has 0 saturated carbocycles. The van der Waals surface area contributed by atoms with Gasteiger partial charge in [0.25, 0.3) is 0 Å². The number of amidine groups is 1. The molecule has 1 heterocycles. The Bertz CT molecular complexity index is 671. The quantitative estimate of drug-likeness (QED) is 0.556. The second-order valence-corrected chi connectivity index (χ2v) is 5.03. The highest BCUT2D eigenvalue weighted by atomic mass is 16.5. The molecular weight excluding hydrogens is 216 g/mol. The van der Waals surface area contributed by atoms with E-state index in [9.17, 15) is 10.4 Å². The molecule has 0 atom stereocenters. The van der Waals surface area contributed by atoms with Crippen molar-refractivity contribution in [1.29, 1.82) is 0 Å². The highest BCUT2D eigenvalue weighted by Crippen LogP contribution is 2.37. The van der Waals surface area contributed by atoms with Crippen molar-refractivity contribution in [2.24, 2.45) is 0 Å². The first-order valence-corrected chi connectivity index (χ1v) is 5.26. The first kappa shape index (κ1) is 7.01. The molecule has 2 rings (SSSR count). The fourth-order valence-electron chi connectivity index (χ4n) is 1.67. The van der Waals surface area contributed by atoms with Gasteiger partial charge < -0.3 is 5.21 Å². The summed E-state index contributed by atoms with van der Waals surface area (Å²) >= 11 is 0. The zero-order valence-corrected chi connectivity index (χ0v) is 10.2. The molecule has 0 bridgehead atoms. The van der Waals surface area contributed by atoms with E-state index in [4.69, 9.17) is 6.85 Å². The molecule has 17 heavy (non-hydrogen) atoms. The molecular formula is C13H17N2O2. The molecule has 0 aromatic heterocycles. The summed E-state index contributed by atoms with van der Waals surface area (Å²) in [4.78, 5) is 0. The Morgan fingerprint density at radius 1 is 1.24 bits per heavy atom. The van der Waals surface area contributed by atoms with E-state index in [2.05, 4.69) is 0 Å². The zero-order valence-electron chi connectivity index (χ0n) is 15.2. The standard InChI is InChI=1S/C13H17N2O2/c1-12(2)13(3,4)15(17)11(14(12)16)10-8-6-5-7-9-10/h5-9H,1-4H3/i5D,6D,7D,8D,9D. The number of rotatable bonds is 1. The first-order chi connectivity index (χ1) is 9.87. The van der Waals surface area contributed by atoms with Crippen LogP contribution in [0.3, 0.4) is 0 Å². The molecule has 4 heteroatoms. The van der Waals surface area contributed by atoms with Gasteiger partial charge in [-0.25, -0.2) is 0 Å². The van der Waals surface area contributed by atoms with Gasteiger partial charge in [0.15, 0.2) is 5.54 Å². The minimum atomic E-state index is -1.12. The van der Waals surface area contributed by atoms with Crippen molar-refractivity contribution >= 4 is 5.84 Å². The molecule has 1 radical (unpaired) electrons. The maximum Gasteiger partial charge on any atom is 0.316 e. The van der Waals surface area contributed by atoms with Crippen LogP contribution in [0.5, 0.6) is 0 Å². The molecule has 0 amide bonds. The lowest BCUT2D eigenvalue weighted by molar-refractivity contribution is -0.539. The van der Waals surface area contributed by atoms with Crippen LogP contribution in [0.25, 0.3) is 0 Å². The average molecular weight is 238 g/mol. The van der Waals surface area contributed by atoms with Crippen LogP contribution < -0.4 is 0 Å². The van der Waals surface area contributed by atoms with Crippen molar-refractivity contribution in [3.8, 4) is 0 Å². The van der Waals surface area contributed by atoms with E-state index in [1.54, 1.807) is 27.7 Å².